The number of hydrogen-bond donors (Lipinski definition) is 2. The normalized spacial score (nSPS) is 12.4. The fourth-order valence-electron chi connectivity index (χ4n) is 2.04. The Morgan fingerprint density at radius 1 is 1.23 bits per heavy atom. The molecule has 0 radical (unpaired) electrons. The Bertz CT molecular complexity index is 509. The van der Waals surface area contributed by atoms with Crippen molar-refractivity contribution >= 4 is 11.8 Å². The first kappa shape index (κ1) is 18.0. The molecular formula is C17H26N2O3. The van der Waals surface area contributed by atoms with Gasteiger partial charge >= 0.3 is 0 Å². The minimum absolute atomic E-state index is 0.0820. The third-order valence-electron chi connectivity index (χ3n) is 3.65. The lowest BCUT2D eigenvalue weighted by atomic mass is 9.99. The quantitative estimate of drug-likeness (QED) is 0.813. The summed E-state index contributed by atoms with van der Waals surface area (Å²) in [6.45, 7) is 7.43. The Labute approximate surface area is 132 Å². The maximum atomic E-state index is 12.2. The second-order valence-electron chi connectivity index (χ2n) is 6.02. The molecule has 1 aromatic rings. The third-order valence-corrected chi connectivity index (χ3v) is 3.65. The number of nitrogens with one attached hydrogen (secondary N) is 2. The monoisotopic (exact) mass is 306 g/mol. The first-order valence-corrected chi connectivity index (χ1v) is 7.49. The summed E-state index contributed by atoms with van der Waals surface area (Å²) in [5.41, 5.74) is 0.623. The first-order valence-electron chi connectivity index (χ1n) is 7.49. The van der Waals surface area contributed by atoms with Crippen LogP contribution in [0.15, 0.2) is 24.3 Å². The highest BCUT2D eigenvalue weighted by Crippen LogP contribution is 2.21. The predicted molar refractivity (Wildman–Crippen MR) is 86.7 cm³/mol. The van der Waals surface area contributed by atoms with Crippen molar-refractivity contribution in [2.45, 2.75) is 52.1 Å². The topological polar surface area (TPSA) is 67.4 Å². The van der Waals surface area contributed by atoms with Crippen LogP contribution in [0, 0.1) is 0 Å². The lowest BCUT2D eigenvalue weighted by Crippen LogP contribution is -2.44. The zero-order valence-corrected chi connectivity index (χ0v) is 14.0. The first-order chi connectivity index (χ1) is 10.3. The summed E-state index contributed by atoms with van der Waals surface area (Å²) in [7, 11) is 1.60. The van der Waals surface area contributed by atoms with E-state index in [1.165, 1.54) is 6.92 Å². The Morgan fingerprint density at radius 3 is 2.27 bits per heavy atom. The number of methoxy groups -OCH3 is 1. The molecule has 5 heteroatoms. The highest BCUT2D eigenvalue weighted by Gasteiger charge is 2.22. The Balaban J connectivity index is 2.83. The molecule has 0 aromatic heterocycles. The molecular weight excluding hydrogens is 280 g/mol. The van der Waals surface area contributed by atoms with E-state index in [2.05, 4.69) is 10.6 Å². The highest BCUT2D eigenvalue weighted by atomic mass is 16.5. The van der Waals surface area contributed by atoms with E-state index in [4.69, 9.17) is 4.74 Å². The second-order valence-corrected chi connectivity index (χ2v) is 6.02. The molecule has 2 amide bonds. The van der Waals surface area contributed by atoms with Crippen molar-refractivity contribution in [2.75, 3.05) is 7.11 Å². The molecule has 22 heavy (non-hydrogen) atoms. The molecule has 0 aliphatic carbocycles. The number of rotatable bonds is 7. The lowest BCUT2D eigenvalue weighted by Gasteiger charge is -2.26. The number of carbonyl (C=O) groups excluding carboxylic acids is 2. The Hall–Kier alpha value is -2.04. The van der Waals surface area contributed by atoms with Crippen molar-refractivity contribution in [1.29, 1.82) is 0 Å². The molecule has 1 rings (SSSR count). The van der Waals surface area contributed by atoms with Gasteiger partial charge in [0.1, 0.15) is 5.75 Å². The number of amides is 2. The fourth-order valence-corrected chi connectivity index (χ4v) is 2.04. The predicted octanol–water partition coefficient (Wildman–Crippen LogP) is 2.57. The van der Waals surface area contributed by atoms with Gasteiger partial charge in [0, 0.05) is 12.5 Å². The number of carbonyl (C=O) groups is 2. The van der Waals surface area contributed by atoms with E-state index in [-0.39, 0.29) is 29.8 Å². The summed E-state index contributed by atoms with van der Waals surface area (Å²) in [6.07, 6.45) is 1.04. The molecule has 0 heterocycles. The maximum absolute atomic E-state index is 12.2. The van der Waals surface area contributed by atoms with Crippen LogP contribution in [0.2, 0.25) is 0 Å². The van der Waals surface area contributed by atoms with Crippen LogP contribution in [-0.4, -0.2) is 24.5 Å². The van der Waals surface area contributed by atoms with E-state index in [0.29, 0.717) is 0 Å². The van der Waals surface area contributed by atoms with Gasteiger partial charge in [-0.3, -0.25) is 9.59 Å². The number of ether oxygens (including phenoxy) is 1. The average molecular weight is 306 g/mol. The summed E-state index contributed by atoms with van der Waals surface area (Å²) in [4.78, 5) is 23.6. The van der Waals surface area contributed by atoms with Gasteiger partial charge in [0.05, 0.1) is 19.6 Å². The molecule has 1 unspecified atom stereocenters. The molecule has 0 aliphatic rings. The second kappa shape index (κ2) is 7.82. The standard InChI is InChI=1S/C17H26N2O3/c1-6-17(3,4)19-16(21)11-15(18-12(2)20)13-7-9-14(22-5)10-8-13/h7-10,15H,6,11H2,1-5H3,(H,18,20)(H,19,21). The Morgan fingerprint density at radius 2 is 1.82 bits per heavy atom. The number of benzene rings is 1. The van der Waals surface area contributed by atoms with Crippen molar-refractivity contribution in [1.82, 2.24) is 10.6 Å². The van der Waals surface area contributed by atoms with E-state index in [1.54, 1.807) is 7.11 Å². The molecule has 122 valence electrons. The van der Waals surface area contributed by atoms with Crippen LogP contribution in [-0.2, 0) is 9.59 Å². The zero-order valence-electron chi connectivity index (χ0n) is 14.0. The van der Waals surface area contributed by atoms with E-state index < -0.39 is 0 Å². The van der Waals surface area contributed by atoms with Crippen molar-refractivity contribution in [3.05, 3.63) is 29.8 Å². The van der Waals surface area contributed by atoms with Crippen LogP contribution in [0.3, 0.4) is 0 Å². The smallest absolute Gasteiger partial charge is 0.222 e. The summed E-state index contributed by atoms with van der Waals surface area (Å²) < 4.78 is 5.12. The molecule has 5 nitrogen and oxygen atoms in total. The van der Waals surface area contributed by atoms with E-state index in [0.717, 1.165) is 17.7 Å². The van der Waals surface area contributed by atoms with E-state index >= 15 is 0 Å². The molecule has 0 aliphatic heterocycles. The molecule has 0 saturated carbocycles. The molecule has 2 N–H and O–H groups in total. The molecule has 1 atom stereocenters. The summed E-state index contributed by atoms with van der Waals surface area (Å²) in [5.74, 6) is 0.492. The van der Waals surface area contributed by atoms with Gasteiger partial charge in [-0.15, -0.1) is 0 Å². The average Bonchev–Trinajstić information content (AvgIpc) is 2.45. The van der Waals surface area contributed by atoms with Crippen LogP contribution in [0.1, 0.15) is 52.1 Å². The molecule has 0 bridgehead atoms. The van der Waals surface area contributed by atoms with Crippen LogP contribution in [0.25, 0.3) is 0 Å². The van der Waals surface area contributed by atoms with Gasteiger partial charge in [-0.2, -0.15) is 0 Å². The third kappa shape index (κ3) is 5.76. The van der Waals surface area contributed by atoms with Gasteiger partial charge in [0.15, 0.2) is 0 Å². The minimum Gasteiger partial charge on any atom is -0.497 e. The molecule has 0 fully saturated rings. The van der Waals surface area contributed by atoms with Crippen LogP contribution < -0.4 is 15.4 Å². The van der Waals surface area contributed by atoms with Crippen molar-refractivity contribution in [2.24, 2.45) is 0 Å². The summed E-state index contributed by atoms with van der Waals surface area (Å²) >= 11 is 0. The molecule has 1 aromatic carbocycles. The van der Waals surface area contributed by atoms with Crippen molar-refractivity contribution in [3.8, 4) is 5.75 Å². The SMILES string of the molecule is CCC(C)(C)NC(=O)CC(NC(C)=O)c1ccc(OC)cc1. The van der Waals surface area contributed by atoms with Crippen molar-refractivity contribution < 1.29 is 14.3 Å². The van der Waals surface area contributed by atoms with Gasteiger partial charge in [0.2, 0.25) is 11.8 Å². The minimum atomic E-state index is -0.351. The van der Waals surface area contributed by atoms with Gasteiger partial charge in [-0.1, -0.05) is 19.1 Å². The van der Waals surface area contributed by atoms with Gasteiger partial charge in [-0.25, -0.2) is 0 Å². The molecule has 0 saturated heterocycles. The van der Waals surface area contributed by atoms with Crippen LogP contribution in [0.5, 0.6) is 5.75 Å². The van der Waals surface area contributed by atoms with Crippen LogP contribution >= 0.6 is 0 Å². The summed E-state index contributed by atoms with van der Waals surface area (Å²) in [6, 6.07) is 7.00. The zero-order chi connectivity index (χ0) is 16.8. The van der Waals surface area contributed by atoms with E-state index in [9.17, 15) is 9.59 Å². The van der Waals surface area contributed by atoms with Crippen molar-refractivity contribution in [3.63, 3.8) is 0 Å². The highest BCUT2D eigenvalue weighted by molar-refractivity contribution is 5.79. The van der Waals surface area contributed by atoms with E-state index in [1.807, 2.05) is 45.0 Å². The lowest BCUT2D eigenvalue weighted by molar-refractivity contribution is -0.124. The Kier molecular flexibility index (Phi) is 6.40. The largest absolute Gasteiger partial charge is 0.497 e. The maximum Gasteiger partial charge on any atom is 0.222 e. The van der Waals surface area contributed by atoms with Crippen LogP contribution in [0.4, 0.5) is 0 Å². The van der Waals surface area contributed by atoms with Gasteiger partial charge in [-0.05, 0) is 38.0 Å². The number of hydrogen-bond acceptors (Lipinski definition) is 3. The summed E-state index contributed by atoms with van der Waals surface area (Å²) in [5, 5.41) is 5.81. The molecule has 0 spiro atoms. The van der Waals surface area contributed by atoms with Gasteiger partial charge < -0.3 is 15.4 Å². The fraction of sp³-hybridized carbons (Fsp3) is 0.529. The van der Waals surface area contributed by atoms with Gasteiger partial charge in [0.25, 0.3) is 0 Å².